The molecule has 1 aliphatic carbocycles. The molecule has 5 nitrogen and oxygen atoms in total. The zero-order chi connectivity index (χ0) is 22.2. The topological polar surface area (TPSA) is 48.0 Å². The van der Waals surface area contributed by atoms with Crippen LogP contribution in [0.2, 0.25) is 0 Å². The molecule has 0 radical (unpaired) electrons. The molecule has 1 aromatic carbocycles. The molecular weight excluding hydrogens is 377 g/mol. The zero-order valence-electron chi connectivity index (χ0n) is 19.8. The molecule has 1 heterocycles. The number of benzene rings is 1. The smallest absolute Gasteiger partial charge is 0.444 e. The van der Waals surface area contributed by atoms with E-state index in [1.54, 1.807) is 0 Å². The van der Waals surface area contributed by atoms with Gasteiger partial charge in [0.05, 0.1) is 11.2 Å². The lowest BCUT2D eigenvalue weighted by Gasteiger charge is -2.32. The highest BCUT2D eigenvalue weighted by Gasteiger charge is 2.51. The van der Waals surface area contributed by atoms with Gasteiger partial charge < -0.3 is 18.9 Å². The summed E-state index contributed by atoms with van der Waals surface area (Å²) in [5.41, 5.74) is 1.06. The van der Waals surface area contributed by atoms with Crippen molar-refractivity contribution in [2.75, 3.05) is 6.54 Å². The van der Waals surface area contributed by atoms with Crippen LogP contribution in [0.5, 0.6) is 0 Å². The molecule has 1 saturated carbocycles. The average Bonchev–Trinajstić information content (AvgIpc) is 3.20. The average molecular weight is 415 g/mol. The summed E-state index contributed by atoms with van der Waals surface area (Å²) in [5.74, 6) is 0. The number of amides is 1. The minimum absolute atomic E-state index is 0.191. The Hall–Kier alpha value is -1.53. The maximum Gasteiger partial charge on any atom is 0.494 e. The van der Waals surface area contributed by atoms with Gasteiger partial charge in [0.2, 0.25) is 0 Å². The number of carbonyl (C=O) groups excluding carboxylic acids is 1. The van der Waals surface area contributed by atoms with Crippen LogP contribution in [0.1, 0.15) is 79.7 Å². The van der Waals surface area contributed by atoms with Crippen molar-refractivity contribution in [1.29, 1.82) is 0 Å². The Labute approximate surface area is 182 Å². The van der Waals surface area contributed by atoms with Gasteiger partial charge >= 0.3 is 13.2 Å². The van der Waals surface area contributed by atoms with Gasteiger partial charge in [0.25, 0.3) is 0 Å². The number of hydrogen-bond acceptors (Lipinski definition) is 4. The summed E-state index contributed by atoms with van der Waals surface area (Å²) in [5, 5.41) is 0. The minimum Gasteiger partial charge on any atom is -0.444 e. The van der Waals surface area contributed by atoms with Crippen LogP contribution in [0.15, 0.2) is 24.3 Å². The predicted molar refractivity (Wildman–Crippen MR) is 121 cm³/mol. The third-order valence-electron chi connectivity index (χ3n) is 6.54. The van der Waals surface area contributed by atoms with Crippen molar-refractivity contribution >= 4 is 18.7 Å². The van der Waals surface area contributed by atoms with E-state index in [2.05, 4.69) is 52.0 Å². The van der Waals surface area contributed by atoms with Gasteiger partial charge in [-0.05, 0) is 78.8 Å². The predicted octanol–water partition coefficient (Wildman–Crippen LogP) is 4.71. The van der Waals surface area contributed by atoms with Crippen molar-refractivity contribution < 1.29 is 18.8 Å². The van der Waals surface area contributed by atoms with Crippen molar-refractivity contribution in [3.63, 3.8) is 0 Å². The van der Waals surface area contributed by atoms with E-state index < -0.39 is 5.60 Å². The molecule has 0 spiro atoms. The highest BCUT2D eigenvalue weighted by Crippen LogP contribution is 2.36. The van der Waals surface area contributed by atoms with Crippen LogP contribution in [0.25, 0.3) is 0 Å². The third kappa shape index (κ3) is 5.39. The summed E-state index contributed by atoms with van der Waals surface area (Å²) in [4.78, 5) is 14.7. The number of nitrogens with zero attached hydrogens (tertiary/aromatic N) is 1. The molecule has 2 fully saturated rings. The summed E-state index contributed by atoms with van der Waals surface area (Å²) < 4.78 is 18.0. The maximum atomic E-state index is 12.8. The van der Waals surface area contributed by atoms with Gasteiger partial charge in [-0.15, -0.1) is 0 Å². The Bertz CT molecular complexity index is 717. The van der Waals surface area contributed by atoms with E-state index in [4.69, 9.17) is 14.0 Å². The fourth-order valence-electron chi connectivity index (χ4n) is 4.03. The van der Waals surface area contributed by atoms with Crippen molar-refractivity contribution in [3.05, 3.63) is 29.8 Å². The van der Waals surface area contributed by atoms with Gasteiger partial charge in [0, 0.05) is 12.6 Å². The molecule has 6 heteroatoms. The van der Waals surface area contributed by atoms with Crippen LogP contribution in [0.3, 0.4) is 0 Å². The monoisotopic (exact) mass is 415 g/mol. The second kappa shape index (κ2) is 8.54. The van der Waals surface area contributed by atoms with E-state index in [1.807, 2.05) is 25.7 Å². The summed E-state index contributed by atoms with van der Waals surface area (Å²) in [6.45, 7) is 14.7. The normalized spacial score (nSPS) is 21.1. The molecule has 1 amide bonds. The Balaban J connectivity index is 1.63. The Morgan fingerprint density at radius 3 is 2.10 bits per heavy atom. The highest BCUT2D eigenvalue weighted by molar-refractivity contribution is 6.62. The van der Waals surface area contributed by atoms with Crippen molar-refractivity contribution in [2.24, 2.45) is 0 Å². The summed E-state index contributed by atoms with van der Waals surface area (Å²) >= 11 is 0. The van der Waals surface area contributed by atoms with E-state index in [1.165, 1.54) is 18.4 Å². The second-order valence-corrected chi connectivity index (χ2v) is 10.7. The molecule has 166 valence electrons. The van der Waals surface area contributed by atoms with E-state index in [-0.39, 0.29) is 24.4 Å². The van der Waals surface area contributed by atoms with Gasteiger partial charge in [-0.3, -0.25) is 0 Å². The molecule has 0 N–H and O–H groups in total. The molecule has 0 unspecified atom stereocenters. The fraction of sp³-hybridized carbons (Fsp3) is 0.708. The lowest BCUT2D eigenvalue weighted by Crippen LogP contribution is -2.43. The van der Waals surface area contributed by atoms with Gasteiger partial charge in [-0.25, -0.2) is 4.79 Å². The minimum atomic E-state index is -0.474. The van der Waals surface area contributed by atoms with Crippen LogP contribution in [0.4, 0.5) is 4.79 Å². The van der Waals surface area contributed by atoms with E-state index in [0.29, 0.717) is 12.6 Å². The standard InChI is InChI=1S/C24H38BNO4/c1-22(2,3)28-21(27)26(20-10-8-9-11-20)17-16-18-12-14-19(15-13-18)25-29-23(4,5)24(6,7)30-25/h12-15,20H,8-11,16-17H2,1-7H3. The number of rotatable bonds is 5. The molecule has 2 aliphatic rings. The third-order valence-corrected chi connectivity index (χ3v) is 6.54. The first kappa shape index (κ1) is 23.1. The van der Waals surface area contributed by atoms with Gasteiger partial charge in [0.1, 0.15) is 5.60 Å². The molecule has 1 saturated heterocycles. The molecule has 3 rings (SSSR count). The Kier molecular flexibility index (Phi) is 6.59. The first-order valence-corrected chi connectivity index (χ1v) is 11.3. The zero-order valence-corrected chi connectivity index (χ0v) is 19.8. The number of hydrogen-bond donors (Lipinski definition) is 0. The lowest BCUT2D eigenvalue weighted by atomic mass is 9.79. The van der Waals surface area contributed by atoms with Crippen molar-refractivity contribution in [3.8, 4) is 0 Å². The van der Waals surface area contributed by atoms with Crippen LogP contribution >= 0.6 is 0 Å². The molecule has 1 aromatic rings. The van der Waals surface area contributed by atoms with Crippen LogP contribution in [-0.4, -0.2) is 47.5 Å². The SMILES string of the molecule is CC(C)(C)OC(=O)N(CCc1ccc(B2OC(C)(C)C(C)(C)O2)cc1)C1CCCC1. The first-order valence-electron chi connectivity index (χ1n) is 11.3. The number of carbonyl (C=O) groups is 1. The molecule has 0 atom stereocenters. The lowest BCUT2D eigenvalue weighted by molar-refractivity contribution is 0.00578. The summed E-state index contributed by atoms with van der Waals surface area (Å²) in [7, 11) is -0.346. The molecule has 0 bridgehead atoms. The fourth-order valence-corrected chi connectivity index (χ4v) is 4.03. The van der Waals surface area contributed by atoms with E-state index >= 15 is 0 Å². The largest absolute Gasteiger partial charge is 0.494 e. The van der Waals surface area contributed by atoms with Crippen LogP contribution in [-0.2, 0) is 20.5 Å². The summed E-state index contributed by atoms with van der Waals surface area (Å²) in [6.07, 6.45) is 5.13. The first-order chi connectivity index (χ1) is 13.9. The van der Waals surface area contributed by atoms with E-state index in [0.717, 1.165) is 24.7 Å². The van der Waals surface area contributed by atoms with Crippen LogP contribution in [0, 0.1) is 0 Å². The molecular formula is C24H38BNO4. The van der Waals surface area contributed by atoms with Gasteiger partial charge in [-0.2, -0.15) is 0 Å². The molecule has 30 heavy (non-hydrogen) atoms. The second-order valence-electron chi connectivity index (χ2n) is 10.7. The van der Waals surface area contributed by atoms with Crippen molar-refractivity contribution in [1.82, 2.24) is 4.90 Å². The highest BCUT2D eigenvalue weighted by atomic mass is 16.7. The Morgan fingerprint density at radius 2 is 1.60 bits per heavy atom. The quantitative estimate of drug-likeness (QED) is 0.654. The Morgan fingerprint density at radius 1 is 1.07 bits per heavy atom. The summed E-state index contributed by atoms with van der Waals surface area (Å²) in [6, 6.07) is 8.67. The van der Waals surface area contributed by atoms with Crippen LogP contribution < -0.4 is 5.46 Å². The maximum absolute atomic E-state index is 12.8. The van der Waals surface area contributed by atoms with Crippen molar-refractivity contribution in [2.45, 2.75) is 103 Å². The van der Waals surface area contributed by atoms with Gasteiger partial charge in [-0.1, -0.05) is 37.1 Å². The molecule has 0 aromatic heterocycles. The van der Waals surface area contributed by atoms with E-state index in [9.17, 15) is 4.79 Å². The molecule has 1 aliphatic heterocycles. The van der Waals surface area contributed by atoms with Gasteiger partial charge in [0.15, 0.2) is 0 Å². The number of ether oxygens (including phenoxy) is 1.